The second-order valence-corrected chi connectivity index (χ2v) is 7.03. The molecule has 9 heteroatoms. The topological polar surface area (TPSA) is 67.8 Å². The molecule has 2 N–H and O–H groups in total. The van der Waals surface area contributed by atoms with Crippen LogP contribution in [0.5, 0.6) is 11.5 Å². The van der Waals surface area contributed by atoms with Crippen LogP contribution in [0.3, 0.4) is 0 Å². The van der Waals surface area contributed by atoms with Crippen molar-refractivity contribution in [1.29, 1.82) is 0 Å². The van der Waals surface area contributed by atoms with Crippen LogP contribution in [0, 0.1) is 6.92 Å². The molecule has 0 aliphatic carbocycles. The van der Waals surface area contributed by atoms with Crippen molar-refractivity contribution in [2.24, 2.45) is 4.99 Å². The van der Waals surface area contributed by atoms with Crippen LogP contribution >= 0.6 is 46.9 Å². The van der Waals surface area contributed by atoms with E-state index in [1.54, 1.807) is 18.4 Å². The minimum atomic E-state index is 0. The third kappa shape index (κ3) is 5.62. The maximum absolute atomic E-state index is 6.27. The van der Waals surface area contributed by atoms with Crippen LogP contribution in [0.25, 0.3) is 0 Å². The van der Waals surface area contributed by atoms with E-state index in [0.29, 0.717) is 36.3 Å². The molecule has 1 aromatic carbocycles. The number of rotatable bonds is 5. The number of halogens is 2. The average Bonchev–Trinajstić information content (AvgIpc) is 3.03. The van der Waals surface area contributed by atoms with Gasteiger partial charge < -0.3 is 20.1 Å². The fourth-order valence-electron chi connectivity index (χ4n) is 2.50. The van der Waals surface area contributed by atoms with E-state index in [4.69, 9.17) is 21.1 Å². The fourth-order valence-corrected chi connectivity index (χ4v) is 3.44. The molecule has 142 valence electrons. The Morgan fingerprint density at radius 2 is 2.12 bits per heavy atom. The van der Waals surface area contributed by atoms with Crippen molar-refractivity contribution in [3.63, 3.8) is 0 Å². The normalized spacial score (nSPS) is 13.1. The first kappa shape index (κ1) is 21.0. The summed E-state index contributed by atoms with van der Waals surface area (Å²) < 4.78 is 11.1. The van der Waals surface area contributed by atoms with Crippen LogP contribution in [-0.2, 0) is 13.0 Å². The largest absolute Gasteiger partial charge is 0.486 e. The lowest BCUT2D eigenvalue weighted by Crippen LogP contribution is -2.37. The zero-order valence-electron chi connectivity index (χ0n) is 14.7. The zero-order chi connectivity index (χ0) is 17.6. The Hall–Kier alpha value is -1.26. The van der Waals surface area contributed by atoms with Gasteiger partial charge in [0, 0.05) is 31.9 Å². The number of aryl methyl sites for hydroxylation is 1. The lowest BCUT2D eigenvalue weighted by atomic mass is 10.2. The predicted octanol–water partition coefficient (Wildman–Crippen LogP) is 3.40. The standard InChI is InChI=1S/C17H21ClN4O2S.HI/c1-11-22-13(10-25-11)3-4-20-17(19-2)21-9-12-7-14(18)16-15(8-12)23-5-6-24-16;/h7-8,10H,3-6,9H2,1-2H3,(H2,19,20,21);1H. The number of hydrogen-bond acceptors (Lipinski definition) is 5. The maximum atomic E-state index is 6.27. The van der Waals surface area contributed by atoms with E-state index in [9.17, 15) is 0 Å². The molecule has 2 aromatic rings. The Balaban J connectivity index is 0.00000243. The maximum Gasteiger partial charge on any atom is 0.191 e. The van der Waals surface area contributed by atoms with Gasteiger partial charge >= 0.3 is 0 Å². The van der Waals surface area contributed by atoms with Crippen molar-refractivity contribution >= 4 is 52.9 Å². The highest BCUT2D eigenvalue weighted by Crippen LogP contribution is 2.38. The number of benzene rings is 1. The first-order valence-corrected chi connectivity index (χ1v) is 9.35. The molecule has 0 spiro atoms. The van der Waals surface area contributed by atoms with Crippen LogP contribution in [0.1, 0.15) is 16.3 Å². The van der Waals surface area contributed by atoms with Gasteiger partial charge in [0.05, 0.1) is 15.7 Å². The molecule has 3 rings (SSSR count). The molecule has 1 aliphatic heterocycles. The van der Waals surface area contributed by atoms with E-state index >= 15 is 0 Å². The van der Waals surface area contributed by atoms with Gasteiger partial charge in [-0.15, -0.1) is 35.3 Å². The number of thiazole rings is 1. The quantitative estimate of drug-likeness (QED) is 0.368. The van der Waals surface area contributed by atoms with Gasteiger partial charge in [0.15, 0.2) is 17.5 Å². The highest BCUT2D eigenvalue weighted by Gasteiger charge is 2.16. The number of guanidine groups is 1. The predicted molar refractivity (Wildman–Crippen MR) is 117 cm³/mol. The Morgan fingerprint density at radius 1 is 1.31 bits per heavy atom. The Morgan fingerprint density at radius 3 is 2.85 bits per heavy atom. The highest BCUT2D eigenvalue weighted by molar-refractivity contribution is 14.0. The van der Waals surface area contributed by atoms with E-state index in [0.717, 1.165) is 35.2 Å². The van der Waals surface area contributed by atoms with Crippen molar-refractivity contribution in [1.82, 2.24) is 15.6 Å². The average molecular weight is 509 g/mol. The molecular formula is C17H22ClIN4O2S. The van der Waals surface area contributed by atoms with E-state index in [2.05, 4.69) is 26.0 Å². The van der Waals surface area contributed by atoms with Crippen molar-refractivity contribution in [2.45, 2.75) is 19.9 Å². The summed E-state index contributed by atoms with van der Waals surface area (Å²) in [4.78, 5) is 8.69. The first-order chi connectivity index (χ1) is 12.2. The Bertz CT molecular complexity index is 769. The summed E-state index contributed by atoms with van der Waals surface area (Å²) in [5.41, 5.74) is 2.11. The number of ether oxygens (including phenoxy) is 2. The molecule has 1 aliphatic rings. The molecule has 0 atom stereocenters. The third-order valence-electron chi connectivity index (χ3n) is 3.68. The molecule has 0 fully saturated rings. The molecule has 0 saturated heterocycles. The molecule has 0 bridgehead atoms. The zero-order valence-corrected chi connectivity index (χ0v) is 18.6. The van der Waals surface area contributed by atoms with Crippen molar-refractivity contribution < 1.29 is 9.47 Å². The molecule has 1 aromatic heterocycles. The third-order valence-corrected chi connectivity index (χ3v) is 4.78. The van der Waals surface area contributed by atoms with Crippen LogP contribution in [0.2, 0.25) is 5.02 Å². The van der Waals surface area contributed by atoms with Crippen LogP contribution < -0.4 is 20.1 Å². The molecule has 6 nitrogen and oxygen atoms in total. The summed E-state index contributed by atoms with van der Waals surface area (Å²) in [5.74, 6) is 2.05. The van der Waals surface area contributed by atoms with Crippen molar-refractivity contribution in [3.8, 4) is 11.5 Å². The second-order valence-electron chi connectivity index (χ2n) is 5.56. The van der Waals surface area contributed by atoms with Gasteiger partial charge in [0.25, 0.3) is 0 Å². The minimum Gasteiger partial charge on any atom is -0.486 e. The Kier molecular flexibility index (Phi) is 8.23. The summed E-state index contributed by atoms with van der Waals surface area (Å²) >= 11 is 7.94. The van der Waals surface area contributed by atoms with Crippen LogP contribution in [0.4, 0.5) is 0 Å². The summed E-state index contributed by atoms with van der Waals surface area (Å²) in [7, 11) is 1.75. The Labute approximate surface area is 179 Å². The summed E-state index contributed by atoms with van der Waals surface area (Å²) in [5, 5.41) is 10.3. The summed E-state index contributed by atoms with van der Waals surface area (Å²) in [6.45, 7) is 4.44. The lowest BCUT2D eigenvalue weighted by Gasteiger charge is -2.20. The number of nitrogens with one attached hydrogen (secondary N) is 2. The molecular weight excluding hydrogens is 487 g/mol. The van der Waals surface area contributed by atoms with Gasteiger partial charge in [-0.1, -0.05) is 11.6 Å². The molecule has 0 unspecified atom stereocenters. The number of fused-ring (bicyclic) bond motifs is 1. The summed E-state index contributed by atoms with van der Waals surface area (Å²) in [6, 6.07) is 3.83. The van der Waals surface area contributed by atoms with Gasteiger partial charge in [0.1, 0.15) is 13.2 Å². The number of aromatic nitrogens is 1. The van der Waals surface area contributed by atoms with Crippen LogP contribution in [-0.4, -0.2) is 37.7 Å². The lowest BCUT2D eigenvalue weighted by molar-refractivity contribution is 0.171. The van der Waals surface area contributed by atoms with Crippen LogP contribution in [0.15, 0.2) is 22.5 Å². The highest BCUT2D eigenvalue weighted by atomic mass is 127. The van der Waals surface area contributed by atoms with Gasteiger partial charge in [-0.2, -0.15) is 0 Å². The SMILES string of the molecule is CN=C(NCCc1csc(C)n1)NCc1cc(Cl)c2c(c1)OCCO2.I. The fraction of sp³-hybridized carbons (Fsp3) is 0.412. The van der Waals surface area contributed by atoms with Crippen molar-refractivity contribution in [2.75, 3.05) is 26.8 Å². The second kappa shape index (κ2) is 10.2. The van der Waals surface area contributed by atoms with Gasteiger partial charge in [-0.3, -0.25) is 4.99 Å². The van der Waals surface area contributed by atoms with Gasteiger partial charge in [-0.25, -0.2) is 4.98 Å². The van der Waals surface area contributed by atoms with E-state index < -0.39 is 0 Å². The molecule has 2 heterocycles. The monoisotopic (exact) mass is 508 g/mol. The summed E-state index contributed by atoms with van der Waals surface area (Å²) in [6.07, 6.45) is 0.862. The molecule has 0 saturated carbocycles. The molecule has 0 amide bonds. The molecule has 0 radical (unpaired) electrons. The molecule has 26 heavy (non-hydrogen) atoms. The minimum absolute atomic E-state index is 0. The van der Waals surface area contributed by atoms with Gasteiger partial charge in [0.2, 0.25) is 0 Å². The number of nitrogens with zero attached hydrogens (tertiary/aromatic N) is 2. The smallest absolute Gasteiger partial charge is 0.191 e. The van der Waals surface area contributed by atoms with E-state index in [1.165, 1.54) is 0 Å². The van der Waals surface area contributed by atoms with Crippen molar-refractivity contribution in [3.05, 3.63) is 38.8 Å². The van der Waals surface area contributed by atoms with E-state index in [1.807, 2.05) is 19.1 Å². The van der Waals surface area contributed by atoms with Gasteiger partial charge in [-0.05, 0) is 24.6 Å². The van der Waals surface area contributed by atoms with E-state index in [-0.39, 0.29) is 24.0 Å². The number of hydrogen-bond donors (Lipinski definition) is 2. The number of aliphatic imine (C=N–C) groups is 1. The first-order valence-electron chi connectivity index (χ1n) is 8.09.